The Morgan fingerprint density at radius 1 is 1.25 bits per heavy atom. The summed E-state index contributed by atoms with van der Waals surface area (Å²) < 4.78 is 45.1. The van der Waals surface area contributed by atoms with E-state index in [9.17, 15) is 23.1 Å². The van der Waals surface area contributed by atoms with Gasteiger partial charge in [-0.05, 0) is 61.5 Å². The average Bonchev–Trinajstić information content (AvgIpc) is 2.88. The first kappa shape index (κ1) is 30.8. The zero-order chi connectivity index (χ0) is 29.4. The van der Waals surface area contributed by atoms with Crippen molar-refractivity contribution in [3.8, 4) is 0 Å². The largest absolute Gasteiger partial charge is 0.458 e. The Kier molecular flexibility index (Phi) is 9.19. The van der Waals surface area contributed by atoms with Crippen LogP contribution in [0.5, 0.6) is 0 Å². The van der Waals surface area contributed by atoms with E-state index >= 15 is 0 Å². The molecule has 1 N–H and O–H groups in total. The van der Waals surface area contributed by atoms with Crippen molar-refractivity contribution < 1.29 is 27.8 Å². The number of halogens is 3. The average molecular weight is 566 g/mol. The second-order valence-electron chi connectivity index (χ2n) is 12.4. The van der Waals surface area contributed by atoms with Crippen LogP contribution in [0.25, 0.3) is 0 Å². The van der Waals surface area contributed by atoms with E-state index in [0.717, 1.165) is 31.0 Å². The van der Waals surface area contributed by atoms with Crippen molar-refractivity contribution in [1.29, 1.82) is 0 Å². The summed E-state index contributed by atoms with van der Waals surface area (Å²) in [5.74, 6) is 0.189. The summed E-state index contributed by atoms with van der Waals surface area (Å²) in [5, 5.41) is 12.5. The van der Waals surface area contributed by atoms with Gasteiger partial charge in [0, 0.05) is 57.7 Å². The zero-order valence-electron chi connectivity index (χ0n) is 24.3. The van der Waals surface area contributed by atoms with Crippen LogP contribution in [0.15, 0.2) is 23.9 Å². The molecule has 1 saturated carbocycles. The highest BCUT2D eigenvalue weighted by Crippen LogP contribution is 2.55. The molecule has 1 saturated heterocycles. The van der Waals surface area contributed by atoms with Gasteiger partial charge in [0.05, 0.1) is 5.60 Å². The molecule has 1 aromatic rings. The van der Waals surface area contributed by atoms with E-state index in [-0.39, 0.29) is 47.4 Å². The van der Waals surface area contributed by atoms with Crippen LogP contribution in [-0.4, -0.2) is 70.4 Å². The number of alkyl halides is 3. The number of piperazine rings is 1. The molecule has 0 spiro atoms. The maximum atomic E-state index is 13.1. The number of anilines is 1. The molecule has 0 aromatic carbocycles. The van der Waals surface area contributed by atoms with Gasteiger partial charge in [-0.25, -0.2) is 9.97 Å². The summed E-state index contributed by atoms with van der Waals surface area (Å²) in [6, 6.07) is 0.895. The highest BCUT2D eigenvalue weighted by atomic mass is 19.4. The Bertz CT molecular complexity index is 1070. The quantitative estimate of drug-likeness (QED) is 0.368. The third-order valence-corrected chi connectivity index (χ3v) is 9.38. The molecule has 2 fully saturated rings. The van der Waals surface area contributed by atoms with Crippen LogP contribution in [0.2, 0.25) is 0 Å². The van der Waals surface area contributed by atoms with E-state index in [2.05, 4.69) is 41.7 Å². The number of rotatable bonds is 7. The molecule has 0 bridgehead atoms. The van der Waals surface area contributed by atoms with Crippen molar-refractivity contribution in [2.75, 3.05) is 37.6 Å². The van der Waals surface area contributed by atoms with Crippen molar-refractivity contribution in [2.24, 2.45) is 35.5 Å². The number of fused-ring (bicyclic) bond motifs is 1. The molecule has 1 unspecified atom stereocenters. The van der Waals surface area contributed by atoms with Gasteiger partial charge >= 0.3 is 12.1 Å². The van der Waals surface area contributed by atoms with E-state index in [1.807, 2.05) is 18.7 Å². The number of aliphatic hydroxyl groups is 1. The topological polar surface area (TPSA) is 78.8 Å². The summed E-state index contributed by atoms with van der Waals surface area (Å²) in [5.41, 5.74) is -0.926. The Balaban J connectivity index is 1.47. The summed E-state index contributed by atoms with van der Waals surface area (Å²) in [7, 11) is 0. The lowest BCUT2D eigenvalue weighted by molar-refractivity contribution is -0.188. The Morgan fingerprint density at radius 2 is 1.93 bits per heavy atom. The second-order valence-corrected chi connectivity index (χ2v) is 12.4. The molecule has 40 heavy (non-hydrogen) atoms. The number of carbonyl (C=O) groups is 1. The molecular weight excluding hydrogens is 521 g/mol. The van der Waals surface area contributed by atoms with E-state index < -0.39 is 23.6 Å². The molecule has 223 valence electrons. The molecule has 0 amide bonds. The number of aromatic nitrogens is 2. The van der Waals surface area contributed by atoms with E-state index in [4.69, 9.17) is 4.74 Å². The number of carbonyl (C=O) groups excluding carboxylic acids is 1. The smallest absolute Gasteiger partial charge is 0.433 e. The highest BCUT2D eigenvalue weighted by molar-refractivity contribution is 5.66. The normalized spacial score (nSPS) is 32.4. The molecule has 10 heteroatoms. The lowest BCUT2D eigenvalue weighted by atomic mass is 9.52. The zero-order valence-corrected chi connectivity index (χ0v) is 24.3. The van der Waals surface area contributed by atoms with Crippen molar-refractivity contribution >= 4 is 11.9 Å². The number of ether oxygens (including phenoxy) is 1. The predicted molar refractivity (Wildman–Crippen MR) is 147 cm³/mol. The summed E-state index contributed by atoms with van der Waals surface area (Å²) >= 11 is 0. The fourth-order valence-corrected chi connectivity index (χ4v) is 7.40. The minimum Gasteiger partial charge on any atom is -0.458 e. The van der Waals surface area contributed by atoms with Gasteiger partial charge in [-0.3, -0.25) is 9.69 Å². The first-order valence-corrected chi connectivity index (χ1v) is 14.5. The van der Waals surface area contributed by atoms with Gasteiger partial charge in [0.1, 0.15) is 11.8 Å². The molecule has 1 aliphatic heterocycles. The number of hydrogen-bond acceptors (Lipinski definition) is 7. The van der Waals surface area contributed by atoms with Gasteiger partial charge in [-0.1, -0.05) is 33.8 Å². The van der Waals surface area contributed by atoms with E-state index in [1.54, 1.807) is 0 Å². The summed E-state index contributed by atoms with van der Waals surface area (Å²) in [6.45, 7) is 17.3. The van der Waals surface area contributed by atoms with Crippen molar-refractivity contribution in [3.63, 3.8) is 0 Å². The van der Waals surface area contributed by atoms with Gasteiger partial charge in [0.2, 0.25) is 5.95 Å². The molecule has 8 atom stereocenters. The number of hydrogen-bond donors (Lipinski definition) is 1. The van der Waals surface area contributed by atoms with Gasteiger partial charge < -0.3 is 14.7 Å². The lowest BCUT2D eigenvalue weighted by Crippen LogP contribution is -2.62. The van der Waals surface area contributed by atoms with Crippen LogP contribution < -0.4 is 4.90 Å². The van der Waals surface area contributed by atoms with Crippen molar-refractivity contribution in [3.05, 3.63) is 36.5 Å². The van der Waals surface area contributed by atoms with Gasteiger partial charge in [-0.2, -0.15) is 13.2 Å². The monoisotopic (exact) mass is 565 g/mol. The van der Waals surface area contributed by atoms with Crippen LogP contribution in [0.4, 0.5) is 19.1 Å². The number of esters is 1. The molecule has 2 aliphatic carbocycles. The van der Waals surface area contributed by atoms with Crippen molar-refractivity contribution in [2.45, 2.75) is 71.8 Å². The third kappa shape index (κ3) is 6.32. The standard InChI is InChI=1S/C30H44F3N4O3/c1-18(2)15-25-27(40-22(6)38)19(3)16-24-23(8-7-21(5)29(24,25)39)20(4)17-36-11-13-37(14-12-36)28-34-10-9-26(35-28)30(31,32)33/h9-10,16,18,20-21,23-25,27,39H,1,7-8,11-15,17H2,2-6H3/t18?,20-,21+,23-,24+,25-,27-,29+/m0/s1. The van der Waals surface area contributed by atoms with Crippen molar-refractivity contribution in [1.82, 2.24) is 14.9 Å². The number of nitrogens with zero attached hydrogens (tertiary/aromatic N) is 4. The molecular formula is C30H44F3N4O3. The molecule has 7 nitrogen and oxygen atoms in total. The van der Waals surface area contributed by atoms with Gasteiger partial charge in [-0.15, -0.1) is 0 Å². The van der Waals surface area contributed by atoms with E-state index in [0.29, 0.717) is 32.6 Å². The van der Waals surface area contributed by atoms with Gasteiger partial charge in [0.25, 0.3) is 0 Å². The molecule has 4 rings (SSSR count). The SMILES string of the molecule is [CH2]C(C)C[C@H]1[C@@H](OC(C)=O)C(C)=C[C@@H]2[C@H]([C@@H](C)CN3CCN(c4nccc(C(F)(F)F)n4)CC3)CC[C@@H](C)[C@@]21O. The lowest BCUT2D eigenvalue weighted by Gasteiger charge is -2.57. The fraction of sp³-hybridized carbons (Fsp3) is 0.733. The minimum atomic E-state index is -4.50. The molecule has 3 aliphatic rings. The Labute approximate surface area is 236 Å². The maximum absolute atomic E-state index is 13.1. The van der Waals surface area contributed by atoms with Gasteiger partial charge in [0.15, 0.2) is 0 Å². The third-order valence-electron chi connectivity index (χ3n) is 9.38. The van der Waals surface area contributed by atoms with Crippen LogP contribution >= 0.6 is 0 Å². The van der Waals surface area contributed by atoms with Crippen LogP contribution in [0.1, 0.15) is 59.6 Å². The first-order valence-electron chi connectivity index (χ1n) is 14.5. The Morgan fingerprint density at radius 3 is 2.52 bits per heavy atom. The maximum Gasteiger partial charge on any atom is 0.433 e. The highest BCUT2D eigenvalue weighted by Gasteiger charge is 2.58. The van der Waals surface area contributed by atoms with Crippen LogP contribution in [0, 0.1) is 42.4 Å². The second kappa shape index (κ2) is 12.0. The Hall–Kier alpha value is -2.20. The summed E-state index contributed by atoms with van der Waals surface area (Å²) in [6.07, 6.45) is 0.943. The van der Waals surface area contributed by atoms with E-state index in [1.165, 1.54) is 13.1 Å². The molecule has 1 radical (unpaired) electrons. The minimum absolute atomic E-state index is 0.0541. The first-order chi connectivity index (χ1) is 18.7. The van der Waals surface area contributed by atoms with Crippen LogP contribution in [0.3, 0.4) is 0 Å². The predicted octanol–water partition coefficient (Wildman–Crippen LogP) is 5.01. The molecule has 1 aromatic heterocycles. The fourth-order valence-electron chi connectivity index (χ4n) is 7.40. The summed E-state index contributed by atoms with van der Waals surface area (Å²) in [4.78, 5) is 24.0. The van der Waals surface area contributed by atoms with Crippen LogP contribution in [-0.2, 0) is 15.7 Å². The molecule has 2 heterocycles.